The quantitative estimate of drug-likeness (QED) is 0.833. The highest BCUT2D eigenvalue weighted by Gasteiger charge is 2.22. The van der Waals surface area contributed by atoms with Crippen LogP contribution in [0.15, 0.2) is 21.3 Å². The monoisotopic (exact) mass is 316 g/mol. The lowest BCUT2D eigenvalue weighted by atomic mass is 9.98. The molecule has 1 fully saturated rings. The summed E-state index contributed by atoms with van der Waals surface area (Å²) in [5.41, 5.74) is 3.10. The first-order chi connectivity index (χ1) is 11.1. The second-order valence-electron chi connectivity index (χ2n) is 6.72. The van der Waals surface area contributed by atoms with Crippen molar-refractivity contribution in [1.29, 1.82) is 0 Å². The molecule has 0 amide bonds. The molecule has 0 spiro atoms. The van der Waals surface area contributed by atoms with Crippen molar-refractivity contribution in [1.82, 2.24) is 0 Å². The van der Waals surface area contributed by atoms with E-state index in [4.69, 9.17) is 4.42 Å². The summed E-state index contributed by atoms with van der Waals surface area (Å²) in [5, 5.41) is 11.6. The molecule has 3 rings (SSSR count). The number of quaternary nitrogens is 1. The third-order valence-corrected chi connectivity index (χ3v) is 4.95. The number of unbranched alkanes of at least 4 members (excludes halogenated alkanes) is 1. The van der Waals surface area contributed by atoms with Gasteiger partial charge in [0.1, 0.15) is 17.9 Å². The van der Waals surface area contributed by atoms with Gasteiger partial charge in [-0.05, 0) is 37.0 Å². The zero-order valence-electron chi connectivity index (χ0n) is 14.1. The first-order valence-corrected chi connectivity index (χ1v) is 8.72. The van der Waals surface area contributed by atoms with Crippen molar-refractivity contribution in [2.75, 3.05) is 13.1 Å². The maximum absolute atomic E-state index is 11.8. The molecule has 2 heterocycles. The molecule has 1 aliphatic heterocycles. The molecule has 0 unspecified atom stereocenters. The van der Waals surface area contributed by atoms with Gasteiger partial charge in [-0.15, -0.1) is 0 Å². The molecular weight excluding hydrogens is 290 g/mol. The fourth-order valence-corrected chi connectivity index (χ4v) is 3.64. The number of nitrogens with one attached hydrogen (secondary N) is 1. The van der Waals surface area contributed by atoms with E-state index in [1.54, 1.807) is 6.07 Å². The van der Waals surface area contributed by atoms with Gasteiger partial charge in [-0.3, -0.25) is 0 Å². The number of phenolic OH excluding ortho intramolecular Hbond substituents is 1. The third-order valence-electron chi connectivity index (χ3n) is 4.95. The molecule has 1 aromatic carbocycles. The van der Waals surface area contributed by atoms with E-state index in [1.165, 1.54) is 30.8 Å². The number of aryl methyl sites for hydroxylation is 2. The molecule has 1 aliphatic rings. The maximum Gasteiger partial charge on any atom is 0.336 e. The van der Waals surface area contributed by atoms with Gasteiger partial charge in [-0.25, -0.2) is 4.79 Å². The summed E-state index contributed by atoms with van der Waals surface area (Å²) in [5.74, 6) is 0.314. The maximum atomic E-state index is 11.8. The molecule has 2 N–H and O–H groups in total. The average Bonchev–Trinajstić information content (AvgIpc) is 3.01. The lowest BCUT2D eigenvalue weighted by Crippen LogP contribution is -3.08. The number of aromatic hydroxyl groups is 1. The fourth-order valence-electron chi connectivity index (χ4n) is 3.64. The summed E-state index contributed by atoms with van der Waals surface area (Å²) in [6.07, 6.45) is 5.38. The number of hydrogen-bond acceptors (Lipinski definition) is 3. The van der Waals surface area contributed by atoms with Crippen molar-refractivity contribution in [2.45, 2.75) is 52.5 Å². The van der Waals surface area contributed by atoms with Crippen LogP contribution < -0.4 is 10.5 Å². The number of rotatable bonds is 5. The second kappa shape index (κ2) is 6.75. The molecule has 0 atom stereocenters. The minimum atomic E-state index is -0.333. The lowest BCUT2D eigenvalue weighted by molar-refractivity contribution is -0.901. The van der Waals surface area contributed by atoms with Crippen LogP contribution in [0.4, 0.5) is 0 Å². The number of benzene rings is 1. The van der Waals surface area contributed by atoms with Crippen molar-refractivity contribution >= 4 is 11.0 Å². The SMILES string of the molecule is CCCCc1cc(=O)oc2cc(C)c(C[NH+]3CCCC3)c(O)c12. The standard InChI is InChI=1S/C19H25NO3/c1-3-4-7-14-11-17(21)23-16-10-13(2)15(19(22)18(14)16)12-20-8-5-6-9-20/h10-11,22H,3-9,12H2,1-2H3/p+1. The van der Waals surface area contributed by atoms with Crippen LogP contribution in [0.2, 0.25) is 0 Å². The van der Waals surface area contributed by atoms with Crippen molar-refractivity contribution in [3.63, 3.8) is 0 Å². The Balaban J connectivity index is 2.10. The van der Waals surface area contributed by atoms with Crippen molar-refractivity contribution < 1.29 is 14.4 Å². The number of hydrogen-bond donors (Lipinski definition) is 2. The molecule has 124 valence electrons. The predicted molar refractivity (Wildman–Crippen MR) is 91.1 cm³/mol. The Morgan fingerprint density at radius 3 is 2.70 bits per heavy atom. The van der Waals surface area contributed by atoms with Gasteiger partial charge in [0.2, 0.25) is 0 Å². The van der Waals surface area contributed by atoms with E-state index >= 15 is 0 Å². The van der Waals surface area contributed by atoms with Crippen LogP contribution in [0.5, 0.6) is 5.75 Å². The predicted octanol–water partition coefficient (Wildman–Crippen LogP) is 2.33. The van der Waals surface area contributed by atoms with Gasteiger partial charge in [0, 0.05) is 18.9 Å². The van der Waals surface area contributed by atoms with E-state index in [0.29, 0.717) is 11.3 Å². The van der Waals surface area contributed by atoms with Gasteiger partial charge in [-0.1, -0.05) is 13.3 Å². The molecule has 1 saturated heterocycles. The van der Waals surface area contributed by atoms with Crippen LogP contribution in [0.3, 0.4) is 0 Å². The normalized spacial score (nSPS) is 15.6. The Hall–Kier alpha value is -1.81. The van der Waals surface area contributed by atoms with Gasteiger partial charge >= 0.3 is 5.63 Å². The average molecular weight is 316 g/mol. The number of likely N-dealkylation sites (tertiary alicyclic amines) is 1. The van der Waals surface area contributed by atoms with Crippen LogP contribution >= 0.6 is 0 Å². The van der Waals surface area contributed by atoms with Crippen LogP contribution in [-0.2, 0) is 13.0 Å². The lowest BCUT2D eigenvalue weighted by Gasteiger charge is -2.17. The van der Waals surface area contributed by atoms with E-state index in [1.807, 2.05) is 13.0 Å². The summed E-state index contributed by atoms with van der Waals surface area (Å²) in [6, 6.07) is 3.45. The molecule has 1 aromatic heterocycles. The minimum Gasteiger partial charge on any atom is -0.507 e. The van der Waals surface area contributed by atoms with Gasteiger partial charge in [0.05, 0.1) is 24.0 Å². The largest absolute Gasteiger partial charge is 0.507 e. The molecule has 0 saturated carbocycles. The van der Waals surface area contributed by atoms with Crippen molar-refractivity contribution in [3.05, 3.63) is 39.2 Å². The molecular formula is C19H26NO3+. The van der Waals surface area contributed by atoms with E-state index in [-0.39, 0.29) is 5.63 Å². The summed E-state index contributed by atoms with van der Waals surface area (Å²) in [7, 11) is 0. The van der Waals surface area contributed by atoms with Crippen molar-refractivity contribution in [2.24, 2.45) is 0 Å². The molecule has 23 heavy (non-hydrogen) atoms. The first kappa shape index (κ1) is 16.1. The molecule has 0 bridgehead atoms. The van der Waals surface area contributed by atoms with Gasteiger partial charge in [-0.2, -0.15) is 0 Å². The minimum absolute atomic E-state index is 0.314. The Kier molecular flexibility index (Phi) is 4.71. The van der Waals surface area contributed by atoms with E-state index in [0.717, 1.165) is 47.9 Å². The molecule has 0 aliphatic carbocycles. The summed E-state index contributed by atoms with van der Waals surface area (Å²) < 4.78 is 5.35. The van der Waals surface area contributed by atoms with E-state index in [2.05, 4.69) is 6.92 Å². The van der Waals surface area contributed by atoms with E-state index in [9.17, 15) is 9.90 Å². The van der Waals surface area contributed by atoms with Crippen molar-refractivity contribution in [3.8, 4) is 5.75 Å². The number of phenols is 1. The van der Waals surface area contributed by atoms with Crippen LogP contribution in [0, 0.1) is 6.92 Å². The van der Waals surface area contributed by atoms with Gasteiger partial charge < -0.3 is 14.4 Å². The van der Waals surface area contributed by atoms with Crippen LogP contribution in [0.1, 0.15) is 49.3 Å². The molecule has 4 nitrogen and oxygen atoms in total. The summed E-state index contributed by atoms with van der Waals surface area (Å²) >= 11 is 0. The molecule has 4 heteroatoms. The van der Waals surface area contributed by atoms with Crippen LogP contribution in [-0.4, -0.2) is 18.2 Å². The Morgan fingerprint density at radius 2 is 2.00 bits per heavy atom. The zero-order chi connectivity index (χ0) is 16.4. The van der Waals surface area contributed by atoms with Gasteiger partial charge in [0.25, 0.3) is 0 Å². The first-order valence-electron chi connectivity index (χ1n) is 8.72. The third kappa shape index (κ3) is 3.27. The highest BCUT2D eigenvalue weighted by Crippen LogP contribution is 2.33. The Morgan fingerprint density at radius 1 is 1.26 bits per heavy atom. The molecule has 0 radical (unpaired) electrons. The van der Waals surface area contributed by atoms with Gasteiger partial charge in [0.15, 0.2) is 0 Å². The Bertz CT molecular complexity index is 757. The molecule has 2 aromatic rings. The summed E-state index contributed by atoms with van der Waals surface area (Å²) in [6.45, 7) is 7.30. The summed E-state index contributed by atoms with van der Waals surface area (Å²) in [4.78, 5) is 13.3. The highest BCUT2D eigenvalue weighted by atomic mass is 16.4. The zero-order valence-corrected chi connectivity index (χ0v) is 14.1. The van der Waals surface area contributed by atoms with Crippen LogP contribution in [0.25, 0.3) is 11.0 Å². The fraction of sp³-hybridized carbons (Fsp3) is 0.526. The topological polar surface area (TPSA) is 54.9 Å². The Labute approximate surface area is 136 Å². The van der Waals surface area contributed by atoms with E-state index < -0.39 is 0 Å². The second-order valence-corrected chi connectivity index (χ2v) is 6.72. The highest BCUT2D eigenvalue weighted by molar-refractivity contribution is 5.88. The number of fused-ring (bicyclic) bond motifs is 1. The smallest absolute Gasteiger partial charge is 0.336 e.